The molecule has 110 valence electrons. The quantitative estimate of drug-likeness (QED) is 0.902. The van der Waals surface area contributed by atoms with Crippen molar-refractivity contribution >= 4 is 5.69 Å². The molecule has 2 fully saturated rings. The van der Waals surface area contributed by atoms with Gasteiger partial charge in [-0.3, -0.25) is 0 Å². The maximum atomic E-state index is 13.9. The Kier molecular flexibility index (Phi) is 4.25. The van der Waals surface area contributed by atoms with E-state index in [9.17, 15) is 4.39 Å². The van der Waals surface area contributed by atoms with E-state index in [1.54, 1.807) is 12.1 Å². The normalized spacial score (nSPS) is 25.8. The van der Waals surface area contributed by atoms with E-state index < -0.39 is 0 Å². The molecule has 2 unspecified atom stereocenters. The summed E-state index contributed by atoms with van der Waals surface area (Å²) in [6.07, 6.45) is 6.63. The van der Waals surface area contributed by atoms with E-state index in [4.69, 9.17) is 0 Å². The second-order valence-electron chi connectivity index (χ2n) is 6.19. The Bertz CT molecular complexity index is 460. The number of halogens is 1. The molecule has 1 saturated heterocycles. The third-order valence-corrected chi connectivity index (χ3v) is 4.86. The first-order valence-electron chi connectivity index (χ1n) is 8.04. The Hall–Kier alpha value is -1.09. The van der Waals surface area contributed by atoms with Gasteiger partial charge < -0.3 is 10.2 Å². The van der Waals surface area contributed by atoms with Crippen LogP contribution in [-0.4, -0.2) is 19.1 Å². The number of anilines is 1. The lowest BCUT2D eigenvalue weighted by molar-refractivity contribution is 0.342. The van der Waals surface area contributed by atoms with Gasteiger partial charge in [0.1, 0.15) is 5.82 Å². The van der Waals surface area contributed by atoms with Crippen molar-refractivity contribution in [3.63, 3.8) is 0 Å². The van der Waals surface area contributed by atoms with Crippen LogP contribution in [0.5, 0.6) is 0 Å². The standard InChI is InChI=1S/C17H25FN2/c1-2-19-12-13-9-15(18)11-16(10-13)20-8-7-14-5-3-4-6-17(14)20/h9-11,14,17,19H,2-8,12H2,1H3. The van der Waals surface area contributed by atoms with Crippen molar-refractivity contribution in [2.75, 3.05) is 18.0 Å². The van der Waals surface area contributed by atoms with Gasteiger partial charge in [-0.1, -0.05) is 19.8 Å². The average molecular weight is 276 g/mol. The van der Waals surface area contributed by atoms with Gasteiger partial charge in [0, 0.05) is 24.8 Å². The SMILES string of the molecule is CCNCc1cc(F)cc(N2CCC3CCCCC32)c1. The molecule has 2 aliphatic rings. The Morgan fingerprint density at radius 1 is 1.20 bits per heavy atom. The molecule has 1 aromatic rings. The highest BCUT2D eigenvalue weighted by Crippen LogP contribution is 2.39. The van der Waals surface area contributed by atoms with Crippen LogP contribution in [0, 0.1) is 11.7 Å². The first kappa shape index (κ1) is 13.9. The zero-order valence-electron chi connectivity index (χ0n) is 12.4. The molecule has 2 nitrogen and oxygen atoms in total. The summed E-state index contributed by atoms with van der Waals surface area (Å²) in [5.74, 6) is 0.735. The van der Waals surface area contributed by atoms with Gasteiger partial charge in [0.25, 0.3) is 0 Å². The lowest BCUT2D eigenvalue weighted by atomic mass is 9.85. The molecule has 1 saturated carbocycles. The van der Waals surface area contributed by atoms with Gasteiger partial charge in [-0.15, -0.1) is 0 Å². The molecule has 0 amide bonds. The second-order valence-corrected chi connectivity index (χ2v) is 6.19. The number of fused-ring (bicyclic) bond motifs is 1. The van der Waals surface area contributed by atoms with Crippen LogP contribution in [0.2, 0.25) is 0 Å². The highest BCUT2D eigenvalue weighted by Gasteiger charge is 2.35. The summed E-state index contributed by atoms with van der Waals surface area (Å²) in [4.78, 5) is 2.46. The van der Waals surface area contributed by atoms with Crippen molar-refractivity contribution in [2.24, 2.45) is 5.92 Å². The second kappa shape index (κ2) is 6.13. The number of rotatable bonds is 4. The Balaban J connectivity index is 1.80. The van der Waals surface area contributed by atoms with Crippen LogP contribution in [0.25, 0.3) is 0 Å². The van der Waals surface area contributed by atoms with E-state index in [1.807, 2.05) is 0 Å². The van der Waals surface area contributed by atoms with E-state index in [1.165, 1.54) is 32.1 Å². The summed E-state index contributed by atoms with van der Waals surface area (Å²) in [7, 11) is 0. The van der Waals surface area contributed by atoms with Gasteiger partial charge in [0.15, 0.2) is 0 Å². The third-order valence-electron chi connectivity index (χ3n) is 4.86. The highest BCUT2D eigenvalue weighted by atomic mass is 19.1. The third kappa shape index (κ3) is 2.83. The molecule has 20 heavy (non-hydrogen) atoms. The highest BCUT2D eigenvalue weighted by molar-refractivity contribution is 5.51. The van der Waals surface area contributed by atoms with Crippen LogP contribution in [0.3, 0.4) is 0 Å². The average Bonchev–Trinajstić information content (AvgIpc) is 2.88. The monoisotopic (exact) mass is 276 g/mol. The maximum absolute atomic E-state index is 13.9. The fourth-order valence-electron chi connectivity index (χ4n) is 3.90. The van der Waals surface area contributed by atoms with E-state index in [2.05, 4.69) is 23.2 Å². The Morgan fingerprint density at radius 3 is 2.90 bits per heavy atom. The molecule has 1 aliphatic carbocycles. The van der Waals surface area contributed by atoms with Crippen LogP contribution in [0.15, 0.2) is 18.2 Å². The topological polar surface area (TPSA) is 15.3 Å². The summed E-state index contributed by atoms with van der Waals surface area (Å²) < 4.78 is 13.9. The molecular formula is C17H25FN2. The van der Waals surface area contributed by atoms with Gasteiger partial charge in [0.2, 0.25) is 0 Å². The molecule has 1 N–H and O–H groups in total. The van der Waals surface area contributed by atoms with Crippen molar-refractivity contribution in [2.45, 2.75) is 51.6 Å². The summed E-state index contributed by atoms with van der Waals surface area (Å²) in [6.45, 7) is 4.84. The van der Waals surface area contributed by atoms with Crippen molar-refractivity contribution in [3.8, 4) is 0 Å². The van der Waals surface area contributed by atoms with Gasteiger partial charge in [-0.2, -0.15) is 0 Å². The van der Waals surface area contributed by atoms with Crippen molar-refractivity contribution < 1.29 is 4.39 Å². The van der Waals surface area contributed by atoms with Crippen LogP contribution >= 0.6 is 0 Å². The lowest BCUT2D eigenvalue weighted by Gasteiger charge is -2.33. The summed E-state index contributed by atoms with van der Waals surface area (Å²) in [5.41, 5.74) is 2.15. The molecule has 1 aromatic carbocycles. The molecule has 2 atom stereocenters. The smallest absolute Gasteiger partial charge is 0.125 e. The fraction of sp³-hybridized carbons (Fsp3) is 0.647. The zero-order chi connectivity index (χ0) is 13.9. The van der Waals surface area contributed by atoms with Gasteiger partial charge >= 0.3 is 0 Å². The van der Waals surface area contributed by atoms with Crippen molar-refractivity contribution in [1.29, 1.82) is 0 Å². The molecule has 0 radical (unpaired) electrons. The minimum Gasteiger partial charge on any atom is -0.368 e. The number of nitrogens with one attached hydrogen (secondary N) is 1. The molecule has 3 rings (SSSR count). The Labute approximate surface area is 121 Å². The van der Waals surface area contributed by atoms with Gasteiger partial charge in [-0.25, -0.2) is 4.39 Å². The fourth-order valence-corrected chi connectivity index (χ4v) is 3.90. The first-order valence-corrected chi connectivity index (χ1v) is 8.04. The molecule has 3 heteroatoms. The van der Waals surface area contributed by atoms with E-state index in [0.29, 0.717) is 6.04 Å². The number of nitrogens with zero attached hydrogens (tertiary/aromatic N) is 1. The minimum absolute atomic E-state index is 0.102. The molecule has 0 aromatic heterocycles. The van der Waals surface area contributed by atoms with E-state index in [0.717, 1.165) is 36.8 Å². The Morgan fingerprint density at radius 2 is 2.05 bits per heavy atom. The van der Waals surface area contributed by atoms with E-state index >= 15 is 0 Å². The van der Waals surface area contributed by atoms with Crippen LogP contribution in [-0.2, 0) is 6.54 Å². The molecule has 0 spiro atoms. The zero-order valence-corrected chi connectivity index (χ0v) is 12.4. The maximum Gasteiger partial charge on any atom is 0.125 e. The summed E-state index contributed by atoms with van der Waals surface area (Å²) in [6, 6.07) is 6.19. The van der Waals surface area contributed by atoms with Crippen LogP contribution in [0.4, 0.5) is 10.1 Å². The molecule has 0 bridgehead atoms. The summed E-state index contributed by atoms with van der Waals surface area (Å²) in [5, 5.41) is 3.28. The predicted molar refractivity (Wildman–Crippen MR) is 81.5 cm³/mol. The molecule has 1 aliphatic heterocycles. The predicted octanol–water partition coefficient (Wildman–Crippen LogP) is 3.70. The van der Waals surface area contributed by atoms with Crippen LogP contribution < -0.4 is 10.2 Å². The number of benzene rings is 1. The van der Waals surface area contributed by atoms with Crippen molar-refractivity contribution in [3.05, 3.63) is 29.6 Å². The van der Waals surface area contributed by atoms with Gasteiger partial charge in [0.05, 0.1) is 0 Å². The largest absolute Gasteiger partial charge is 0.368 e. The first-order chi connectivity index (χ1) is 9.78. The lowest BCUT2D eigenvalue weighted by Crippen LogP contribution is -2.34. The minimum atomic E-state index is -0.102. The van der Waals surface area contributed by atoms with Crippen molar-refractivity contribution in [1.82, 2.24) is 5.32 Å². The summed E-state index contributed by atoms with van der Waals surface area (Å²) >= 11 is 0. The van der Waals surface area contributed by atoms with Crippen LogP contribution in [0.1, 0.15) is 44.6 Å². The van der Waals surface area contributed by atoms with E-state index in [-0.39, 0.29) is 5.82 Å². The number of hydrogen-bond donors (Lipinski definition) is 1. The van der Waals surface area contributed by atoms with Gasteiger partial charge in [-0.05, 0) is 55.5 Å². The molecular weight excluding hydrogens is 251 g/mol. The number of hydrogen-bond acceptors (Lipinski definition) is 2. The molecule has 1 heterocycles.